The summed E-state index contributed by atoms with van der Waals surface area (Å²) in [5, 5.41) is 13.2. The van der Waals surface area contributed by atoms with Crippen LogP contribution in [0.1, 0.15) is 0 Å². The molecule has 0 radical (unpaired) electrons. The molecule has 3 aromatic heterocycles. The number of nitrogens with zero attached hydrogens (tertiary/aromatic N) is 3. The molecular formula is C56H33N3. The first-order valence-electron chi connectivity index (χ1n) is 20.2. The molecule has 3 heteroatoms. The van der Waals surface area contributed by atoms with Gasteiger partial charge < -0.3 is 0 Å². The zero-order valence-corrected chi connectivity index (χ0v) is 31.9. The maximum atomic E-state index is 5.34. The van der Waals surface area contributed by atoms with Crippen molar-refractivity contribution >= 4 is 92.5 Å². The van der Waals surface area contributed by atoms with Gasteiger partial charge in [0.15, 0.2) is 0 Å². The van der Waals surface area contributed by atoms with Gasteiger partial charge in [0.2, 0.25) is 0 Å². The SMILES string of the molecule is c1ccc2cc(-c3c4ccccc4c(-c4ccc5ccccc5c4)c4cc(-c5ccc6c(c5)c5nc7ccccc7cc5c5nc7ccccc7n65)ccc34)ccc2c1. The Kier molecular flexibility index (Phi) is 6.72. The molecule has 0 aliphatic heterocycles. The average Bonchev–Trinajstić information content (AvgIpc) is 3.70. The van der Waals surface area contributed by atoms with E-state index in [0.717, 1.165) is 60.5 Å². The van der Waals surface area contributed by atoms with Gasteiger partial charge in [-0.2, -0.15) is 0 Å². The second kappa shape index (κ2) is 12.3. The highest BCUT2D eigenvalue weighted by atomic mass is 15.0. The molecule has 0 aliphatic carbocycles. The van der Waals surface area contributed by atoms with Crippen molar-refractivity contribution in [3.8, 4) is 33.4 Å². The van der Waals surface area contributed by atoms with Crippen molar-refractivity contribution in [2.24, 2.45) is 0 Å². The van der Waals surface area contributed by atoms with Gasteiger partial charge in [-0.3, -0.25) is 4.40 Å². The van der Waals surface area contributed by atoms with Gasteiger partial charge in [-0.1, -0.05) is 146 Å². The average molecular weight is 748 g/mol. The standard InChI is InChI=1S/C56H33N3/c1-3-13-36-29-41(23-21-34(36)11-1)53-43-16-6-7-17-44(43)54(42-24-22-35-12-2-4-14-37(35)30-42)46-31-38(25-27-45(46)53)39-26-28-51-47(32-39)55-48(33-40-15-5-8-18-49(40)57-55)56-58-50-19-9-10-20-52(50)59(51)56/h1-33H. The molecule has 59 heavy (non-hydrogen) atoms. The van der Waals surface area contributed by atoms with Crippen LogP contribution in [0.15, 0.2) is 200 Å². The third-order valence-electron chi connectivity index (χ3n) is 12.5. The molecular weight excluding hydrogens is 715 g/mol. The molecule has 13 rings (SSSR count). The van der Waals surface area contributed by atoms with Gasteiger partial charge in [0.1, 0.15) is 5.65 Å². The Morgan fingerprint density at radius 3 is 1.53 bits per heavy atom. The van der Waals surface area contributed by atoms with E-state index in [1.54, 1.807) is 0 Å². The van der Waals surface area contributed by atoms with Crippen LogP contribution in [0.2, 0.25) is 0 Å². The van der Waals surface area contributed by atoms with Crippen molar-refractivity contribution in [2.75, 3.05) is 0 Å². The molecule has 0 saturated carbocycles. The lowest BCUT2D eigenvalue weighted by atomic mass is 9.84. The zero-order valence-electron chi connectivity index (χ0n) is 31.9. The lowest BCUT2D eigenvalue weighted by Crippen LogP contribution is -1.95. The number of benzene rings is 10. The Labute approximate surface area is 339 Å². The second-order valence-corrected chi connectivity index (χ2v) is 15.7. The fourth-order valence-electron chi connectivity index (χ4n) is 9.71. The number of rotatable bonds is 3. The summed E-state index contributed by atoms with van der Waals surface area (Å²) in [5.74, 6) is 0. The summed E-state index contributed by atoms with van der Waals surface area (Å²) in [5.41, 5.74) is 13.3. The summed E-state index contributed by atoms with van der Waals surface area (Å²) in [6.45, 7) is 0. The van der Waals surface area contributed by atoms with E-state index in [1.807, 2.05) is 0 Å². The topological polar surface area (TPSA) is 30.2 Å². The van der Waals surface area contributed by atoms with E-state index < -0.39 is 0 Å². The quantitative estimate of drug-likeness (QED) is 0.133. The largest absolute Gasteiger partial charge is 0.292 e. The predicted octanol–water partition coefficient (Wildman–Crippen LogP) is 15.0. The third kappa shape index (κ3) is 4.82. The van der Waals surface area contributed by atoms with Crippen LogP contribution in [0.4, 0.5) is 0 Å². The molecule has 0 aliphatic rings. The van der Waals surface area contributed by atoms with E-state index in [4.69, 9.17) is 9.97 Å². The number of aromatic nitrogens is 3. The van der Waals surface area contributed by atoms with Gasteiger partial charge in [-0.25, -0.2) is 9.97 Å². The number of hydrogen-bond acceptors (Lipinski definition) is 2. The summed E-state index contributed by atoms with van der Waals surface area (Å²) in [6, 6.07) is 73.1. The molecule has 272 valence electrons. The lowest BCUT2D eigenvalue weighted by Gasteiger charge is -2.19. The van der Waals surface area contributed by atoms with Crippen LogP contribution in [-0.4, -0.2) is 14.4 Å². The molecule has 0 unspecified atom stereocenters. The summed E-state index contributed by atoms with van der Waals surface area (Å²) in [6.07, 6.45) is 0. The monoisotopic (exact) mass is 747 g/mol. The molecule has 0 saturated heterocycles. The Bertz CT molecular complexity index is 3910. The first-order chi connectivity index (χ1) is 29.2. The van der Waals surface area contributed by atoms with Gasteiger partial charge in [0.25, 0.3) is 0 Å². The molecule has 0 atom stereocenters. The molecule has 3 nitrogen and oxygen atoms in total. The van der Waals surface area contributed by atoms with Crippen LogP contribution in [-0.2, 0) is 0 Å². The van der Waals surface area contributed by atoms with Crippen LogP contribution in [0.5, 0.6) is 0 Å². The summed E-state index contributed by atoms with van der Waals surface area (Å²) in [7, 11) is 0. The smallest absolute Gasteiger partial charge is 0.147 e. The number of fused-ring (bicyclic) bond motifs is 13. The maximum absolute atomic E-state index is 5.34. The van der Waals surface area contributed by atoms with Gasteiger partial charge in [-0.15, -0.1) is 0 Å². The van der Waals surface area contributed by atoms with Crippen LogP contribution in [0.3, 0.4) is 0 Å². The molecule has 10 aromatic carbocycles. The van der Waals surface area contributed by atoms with E-state index in [2.05, 4.69) is 205 Å². The Balaban J connectivity index is 1.12. The molecule has 0 spiro atoms. The van der Waals surface area contributed by atoms with Crippen molar-refractivity contribution in [3.05, 3.63) is 200 Å². The highest BCUT2D eigenvalue weighted by Crippen LogP contribution is 2.46. The van der Waals surface area contributed by atoms with Gasteiger partial charge in [0.05, 0.1) is 27.6 Å². The number of imidazole rings is 1. The zero-order chi connectivity index (χ0) is 38.6. The van der Waals surface area contributed by atoms with Crippen LogP contribution in [0, 0.1) is 0 Å². The van der Waals surface area contributed by atoms with Gasteiger partial charge >= 0.3 is 0 Å². The second-order valence-electron chi connectivity index (χ2n) is 15.7. The first kappa shape index (κ1) is 32.2. The molecule has 0 fully saturated rings. The van der Waals surface area contributed by atoms with Crippen LogP contribution in [0.25, 0.3) is 126 Å². The van der Waals surface area contributed by atoms with Gasteiger partial charge in [0, 0.05) is 16.2 Å². The third-order valence-corrected chi connectivity index (χ3v) is 12.5. The fourth-order valence-corrected chi connectivity index (χ4v) is 9.71. The van der Waals surface area contributed by atoms with Gasteiger partial charge in [-0.05, 0) is 131 Å². The fraction of sp³-hybridized carbons (Fsp3) is 0. The van der Waals surface area contributed by atoms with Crippen LogP contribution < -0.4 is 0 Å². The Morgan fingerprint density at radius 2 is 0.814 bits per heavy atom. The molecule has 0 amide bonds. The number of pyridine rings is 2. The number of hydrogen-bond donors (Lipinski definition) is 0. The lowest BCUT2D eigenvalue weighted by molar-refractivity contribution is 1.31. The highest BCUT2D eigenvalue weighted by molar-refractivity contribution is 6.23. The molecule has 13 aromatic rings. The van der Waals surface area contributed by atoms with E-state index in [9.17, 15) is 0 Å². The van der Waals surface area contributed by atoms with Crippen molar-refractivity contribution in [2.45, 2.75) is 0 Å². The van der Waals surface area contributed by atoms with E-state index in [-0.39, 0.29) is 0 Å². The normalized spacial score (nSPS) is 12.1. The Morgan fingerprint density at radius 1 is 0.288 bits per heavy atom. The predicted molar refractivity (Wildman–Crippen MR) is 249 cm³/mol. The summed E-state index contributed by atoms with van der Waals surface area (Å²) >= 11 is 0. The minimum absolute atomic E-state index is 0.929. The minimum Gasteiger partial charge on any atom is -0.292 e. The van der Waals surface area contributed by atoms with Crippen molar-refractivity contribution in [3.63, 3.8) is 0 Å². The molecule has 0 N–H and O–H groups in total. The minimum atomic E-state index is 0.929. The van der Waals surface area contributed by atoms with Crippen molar-refractivity contribution in [1.82, 2.24) is 14.4 Å². The molecule has 0 bridgehead atoms. The highest BCUT2D eigenvalue weighted by Gasteiger charge is 2.20. The summed E-state index contributed by atoms with van der Waals surface area (Å²) in [4.78, 5) is 10.5. The first-order valence-corrected chi connectivity index (χ1v) is 20.2. The molecule has 3 heterocycles. The number of para-hydroxylation sites is 3. The maximum Gasteiger partial charge on any atom is 0.147 e. The summed E-state index contributed by atoms with van der Waals surface area (Å²) < 4.78 is 2.31. The van der Waals surface area contributed by atoms with Crippen LogP contribution >= 0.6 is 0 Å². The van der Waals surface area contributed by atoms with E-state index >= 15 is 0 Å². The van der Waals surface area contributed by atoms with Crippen molar-refractivity contribution in [1.29, 1.82) is 0 Å². The Hall–Kier alpha value is -7.88. The van der Waals surface area contributed by atoms with Crippen molar-refractivity contribution < 1.29 is 0 Å². The van der Waals surface area contributed by atoms with E-state index in [1.165, 1.54) is 65.3 Å². The van der Waals surface area contributed by atoms with E-state index in [0.29, 0.717) is 0 Å².